The van der Waals surface area contributed by atoms with Crippen LogP contribution in [-0.4, -0.2) is 36.0 Å². The summed E-state index contributed by atoms with van der Waals surface area (Å²) in [6.07, 6.45) is 3.43. The molecule has 2 aromatic rings. The van der Waals surface area contributed by atoms with E-state index in [4.69, 9.17) is 0 Å². The van der Waals surface area contributed by atoms with Crippen molar-refractivity contribution in [3.05, 3.63) is 28.9 Å². The summed E-state index contributed by atoms with van der Waals surface area (Å²) < 4.78 is 3.72. The molecule has 74 valence electrons. The van der Waals surface area contributed by atoms with Crippen LogP contribution in [0, 0.1) is 0 Å². The summed E-state index contributed by atoms with van der Waals surface area (Å²) in [7, 11) is 0. The van der Waals surface area contributed by atoms with E-state index in [1.807, 2.05) is 0 Å². The van der Waals surface area contributed by atoms with E-state index in [-0.39, 0.29) is 5.56 Å². The Hall–Kier alpha value is -0.851. The molecular formula is C8H12N4OSn. The maximum atomic E-state index is 11.1. The molecule has 2 rings (SSSR count). The van der Waals surface area contributed by atoms with E-state index in [2.05, 4.69) is 27.7 Å². The Kier molecular flexibility index (Phi) is 2.13. The second kappa shape index (κ2) is 3.08. The van der Waals surface area contributed by atoms with Crippen molar-refractivity contribution in [3.8, 4) is 0 Å². The van der Waals surface area contributed by atoms with E-state index < -0.39 is 18.7 Å². The molecule has 0 spiro atoms. The molecule has 2 heterocycles. The third-order valence-corrected chi connectivity index (χ3v) is 7.03. The van der Waals surface area contributed by atoms with Gasteiger partial charge in [-0.15, -0.1) is 0 Å². The van der Waals surface area contributed by atoms with Crippen molar-refractivity contribution in [2.45, 2.75) is 14.8 Å². The monoisotopic (exact) mass is 300 g/mol. The van der Waals surface area contributed by atoms with Gasteiger partial charge in [0, 0.05) is 0 Å². The van der Waals surface area contributed by atoms with E-state index in [0.29, 0.717) is 5.78 Å². The van der Waals surface area contributed by atoms with Crippen LogP contribution in [0.15, 0.2) is 23.4 Å². The van der Waals surface area contributed by atoms with Gasteiger partial charge in [-0.05, 0) is 0 Å². The van der Waals surface area contributed by atoms with Gasteiger partial charge in [0.1, 0.15) is 0 Å². The van der Waals surface area contributed by atoms with Gasteiger partial charge in [-0.1, -0.05) is 0 Å². The quantitative estimate of drug-likeness (QED) is 0.724. The van der Waals surface area contributed by atoms with E-state index >= 15 is 0 Å². The Bertz CT molecular complexity index is 522. The summed E-state index contributed by atoms with van der Waals surface area (Å²) in [4.78, 5) is 21.8. The topological polar surface area (TPSA) is 52.2 Å². The number of nitrogens with zero attached hydrogens (tertiary/aromatic N) is 4. The van der Waals surface area contributed by atoms with Crippen molar-refractivity contribution in [1.82, 2.24) is 17.4 Å². The first-order valence-corrected chi connectivity index (χ1v) is 14.3. The van der Waals surface area contributed by atoms with Crippen LogP contribution in [0.3, 0.4) is 0 Å². The molecule has 2 aromatic heterocycles. The third kappa shape index (κ3) is 1.56. The molecule has 0 saturated carbocycles. The fraction of sp³-hybridized carbons (Fsp3) is 0.375. The van der Waals surface area contributed by atoms with Gasteiger partial charge in [-0.3, -0.25) is 0 Å². The molecule has 5 nitrogen and oxygen atoms in total. The number of fused-ring (bicyclic) bond motifs is 1. The molecule has 0 unspecified atom stereocenters. The molecule has 0 amide bonds. The van der Waals surface area contributed by atoms with Crippen molar-refractivity contribution in [2.75, 3.05) is 0 Å². The summed E-state index contributed by atoms with van der Waals surface area (Å²) in [6.45, 7) is 0. The molecule has 14 heavy (non-hydrogen) atoms. The molecule has 0 N–H and O–H groups in total. The number of hydrogen-bond donors (Lipinski definition) is 0. The van der Waals surface area contributed by atoms with Crippen LogP contribution < -0.4 is 5.56 Å². The van der Waals surface area contributed by atoms with E-state index in [0.717, 1.165) is 0 Å². The molecule has 0 fully saturated rings. The molecule has 0 saturated heterocycles. The predicted molar refractivity (Wildman–Crippen MR) is 56.0 cm³/mol. The Morgan fingerprint density at radius 3 is 2.71 bits per heavy atom. The van der Waals surface area contributed by atoms with Gasteiger partial charge >= 0.3 is 85.6 Å². The van der Waals surface area contributed by atoms with Gasteiger partial charge in [0.15, 0.2) is 0 Å². The van der Waals surface area contributed by atoms with E-state index in [9.17, 15) is 4.79 Å². The van der Waals surface area contributed by atoms with Gasteiger partial charge in [-0.25, -0.2) is 0 Å². The van der Waals surface area contributed by atoms with Crippen LogP contribution in [0.4, 0.5) is 0 Å². The first kappa shape index (κ1) is 9.69. The number of rotatable bonds is 1. The van der Waals surface area contributed by atoms with Gasteiger partial charge < -0.3 is 0 Å². The van der Waals surface area contributed by atoms with Crippen molar-refractivity contribution in [3.63, 3.8) is 0 Å². The summed E-state index contributed by atoms with van der Waals surface area (Å²) in [5.41, 5.74) is -0.206. The second-order valence-electron chi connectivity index (χ2n) is 4.18. The molecule has 0 radical (unpaired) electrons. The molecular weight excluding hydrogens is 287 g/mol. The van der Waals surface area contributed by atoms with Crippen LogP contribution in [0.1, 0.15) is 0 Å². The number of hydrogen-bond acceptors (Lipinski definition) is 3. The zero-order chi connectivity index (χ0) is 10.3. The average molecular weight is 299 g/mol. The van der Waals surface area contributed by atoms with Crippen LogP contribution in [-0.2, 0) is 0 Å². The summed E-state index contributed by atoms with van der Waals surface area (Å²) >= 11 is -2.26. The minimum absolute atomic E-state index is 0.206. The van der Waals surface area contributed by atoms with Crippen LogP contribution in [0.25, 0.3) is 5.78 Å². The fourth-order valence-corrected chi connectivity index (χ4v) is 4.56. The maximum absolute atomic E-state index is 11.1. The van der Waals surface area contributed by atoms with Gasteiger partial charge in [-0.2, -0.15) is 0 Å². The predicted octanol–water partition coefficient (Wildman–Crippen LogP) is 0.574. The van der Waals surface area contributed by atoms with Gasteiger partial charge in [0.2, 0.25) is 0 Å². The molecule has 0 bridgehead atoms. The van der Waals surface area contributed by atoms with Crippen molar-refractivity contribution < 1.29 is 0 Å². The fourth-order valence-electron chi connectivity index (χ4n) is 1.27. The summed E-state index contributed by atoms with van der Waals surface area (Å²) in [5, 5.41) is 4.16. The third-order valence-electron chi connectivity index (χ3n) is 2.00. The van der Waals surface area contributed by atoms with Crippen LogP contribution in [0.2, 0.25) is 14.8 Å². The normalized spacial score (nSPS) is 12.2. The second-order valence-corrected chi connectivity index (χ2v) is 17.9. The Morgan fingerprint density at radius 2 is 2.07 bits per heavy atom. The molecule has 0 aromatic carbocycles. The Balaban J connectivity index is 2.80. The SMILES string of the molecule is [CH3][Sn]([CH3])([CH3])[n]1cnn2ccc(=O)nc12. The van der Waals surface area contributed by atoms with Gasteiger partial charge in [0.05, 0.1) is 0 Å². The van der Waals surface area contributed by atoms with Crippen molar-refractivity contribution >= 4 is 24.4 Å². The molecule has 6 heteroatoms. The Labute approximate surface area is 85.6 Å². The zero-order valence-electron chi connectivity index (χ0n) is 8.43. The van der Waals surface area contributed by atoms with Crippen molar-refractivity contribution in [2.24, 2.45) is 0 Å². The minimum atomic E-state index is -2.26. The zero-order valence-corrected chi connectivity index (χ0v) is 11.3. The first-order valence-electron chi connectivity index (χ1n) is 4.42. The van der Waals surface area contributed by atoms with Gasteiger partial charge in [0.25, 0.3) is 0 Å². The molecule has 0 aliphatic heterocycles. The summed E-state index contributed by atoms with van der Waals surface area (Å²) in [6, 6.07) is 1.42. The first-order chi connectivity index (χ1) is 6.48. The average Bonchev–Trinajstić information content (AvgIpc) is 2.45. The number of aromatic nitrogens is 4. The molecule has 0 atom stereocenters. The Morgan fingerprint density at radius 1 is 1.36 bits per heavy atom. The van der Waals surface area contributed by atoms with Crippen LogP contribution in [0.5, 0.6) is 0 Å². The van der Waals surface area contributed by atoms with Crippen LogP contribution >= 0.6 is 0 Å². The molecule has 0 aliphatic rings. The molecule has 0 aliphatic carbocycles. The standard InChI is InChI=1S/C5H4N4O.3CH3.Sn/c10-4-1-2-9-5(8-4)6-3-7-9;;;;/h1-3H,(H,6,7,8,10);3*1H3;/q;;;;+1/p-1. The van der Waals surface area contributed by atoms with Crippen molar-refractivity contribution in [1.29, 1.82) is 0 Å². The summed E-state index contributed by atoms with van der Waals surface area (Å²) in [5.74, 6) is 0.667. The van der Waals surface area contributed by atoms with E-state index in [1.165, 1.54) is 6.07 Å². The van der Waals surface area contributed by atoms with E-state index in [1.54, 1.807) is 17.0 Å².